The van der Waals surface area contributed by atoms with Crippen LogP contribution in [-0.2, 0) is 0 Å². The lowest BCUT2D eigenvalue weighted by Crippen LogP contribution is -2.45. The van der Waals surface area contributed by atoms with Gasteiger partial charge in [-0.2, -0.15) is 0 Å². The molecule has 1 heterocycles. The molecule has 0 radical (unpaired) electrons. The minimum absolute atomic E-state index is 0. The van der Waals surface area contributed by atoms with Crippen molar-refractivity contribution in [2.24, 2.45) is 0 Å². The molecule has 114 valence electrons. The fourth-order valence-electron chi connectivity index (χ4n) is 2.44. The Balaban J connectivity index is 0.00000200. The highest BCUT2D eigenvalue weighted by Gasteiger charge is 2.28. The summed E-state index contributed by atoms with van der Waals surface area (Å²) in [6.07, 6.45) is -2.63. The number of nitrogens with zero attached hydrogens (tertiary/aromatic N) is 1. The van der Waals surface area contributed by atoms with Crippen LogP contribution in [0.5, 0.6) is 0 Å². The summed E-state index contributed by atoms with van der Waals surface area (Å²) in [5.74, 6) is 0. The molecule has 0 unspecified atom stereocenters. The third-order valence-electron chi connectivity index (χ3n) is 3.33. The molecular weight excluding hydrogens is 329 g/mol. The maximum absolute atomic E-state index is 12.9. The van der Waals surface area contributed by atoms with E-state index in [0.717, 1.165) is 26.2 Å². The summed E-state index contributed by atoms with van der Waals surface area (Å²) >= 11 is 12.3. The SMILES string of the molecule is Cl.FC(F)C[C@H](c1c(Cl)cccc1Cl)N1CCNCC1. The molecule has 2 nitrogen and oxygen atoms in total. The van der Waals surface area contributed by atoms with E-state index >= 15 is 0 Å². The second kappa shape index (κ2) is 8.35. The van der Waals surface area contributed by atoms with Gasteiger partial charge in [-0.1, -0.05) is 29.3 Å². The Kier molecular flexibility index (Phi) is 7.48. The lowest BCUT2D eigenvalue weighted by Gasteiger charge is -2.35. The first-order chi connectivity index (χ1) is 9.09. The van der Waals surface area contributed by atoms with Gasteiger partial charge in [-0.25, -0.2) is 8.78 Å². The summed E-state index contributed by atoms with van der Waals surface area (Å²) in [4.78, 5) is 2.02. The topological polar surface area (TPSA) is 15.3 Å². The van der Waals surface area contributed by atoms with Crippen molar-refractivity contribution in [3.05, 3.63) is 33.8 Å². The molecule has 0 bridgehead atoms. The van der Waals surface area contributed by atoms with Gasteiger partial charge in [-0.15, -0.1) is 12.4 Å². The van der Waals surface area contributed by atoms with Crippen LogP contribution in [0.1, 0.15) is 18.0 Å². The third kappa shape index (κ3) is 4.43. The molecule has 1 fully saturated rings. The number of hydrogen-bond donors (Lipinski definition) is 1. The minimum Gasteiger partial charge on any atom is -0.314 e. The van der Waals surface area contributed by atoms with Crippen LogP contribution < -0.4 is 5.32 Å². The van der Waals surface area contributed by atoms with E-state index in [2.05, 4.69) is 5.32 Å². The molecule has 1 aliphatic rings. The van der Waals surface area contributed by atoms with E-state index in [1.165, 1.54) is 0 Å². The van der Waals surface area contributed by atoms with Crippen LogP contribution in [0.2, 0.25) is 10.0 Å². The Morgan fingerprint density at radius 3 is 2.20 bits per heavy atom. The lowest BCUT2D eigenvalue weighted by atomic mass is 10.0. The van der Waals surface area contributed by atoms with E-state index in [0.29, 0.717) is 15.6 Å². The van der Waals surface area contributed by atoms with Crippen molar-refractivity contribution in [1.82, 2.24) is 10.2 Å². The Bertz CT molecular complexity index is 406. The fraction of sp³-hybridized carbons (Fsp3) is 0.538. The Hall–Kier alpha value is -0.130. The van der Waals surface area contributed by atoms with E-state index < -0.39 is 12.5 Å². The summed E-state index contributed by atoms with van der Waals surface area (Å²) in [5, 5.41) is 4.12. The number of halogens is 5. The van der Waals surface area contributed by atoms with E-state index in [4.69, 9.17) is 23.2 Å². The molecule has 0 saturated carbocycles. The normalized spacial score (nSPS) is 17.9. The number of alkyl halides is 2. The average molecular weight is 346 g/mol. The molecule has 0 amide bonds. The summed E-state index contributed by atoms with van der Waals surface area (Å²) in [5.41, 5.74) is 0.619. The highest BCUT2D eigenvalue weighted by molar-refractivity contribution is 6.36. The van der Waals surface area contributed by atoms with Crippen LogP contribution in [0, 0.1) is 0 Å². The van der Waals surface area contributed by atoms with Gasteiger partial charge < -0.3 is 5.32 Å². The molecule has 1 aliphatic heterocycles. The van der Waals surface area contributed by atoms with Crippen LogP contribution in [0.15, 0.2) is 18.2 Å². The summed E-state index contributed by atoms with van der Waals surface area (Å²) in [7, 11) is 0. The molecule has 0 aliphatic carbocycles. The van der Waals surface area contributed by atoms with Crippen LogP contribution in [-0.4, -0.2) is 37.5 Å². The standard InChI is InChI=1S/C13H16Cl2F2N2.ClH/c14-9-2-1-3-10(15)13(9)11(8-12(16)17)19-6-4-18-5-7-19;/h1-3,11-12,18H,4-8H2;1H/t11-;/m1./s1. The maximum Gasteiger partial charge on any atom is 0.240 e. The van der Waals surface area contributed by atoms with Crippen molar-refractivity contribution < 1.29 is 8.78 Å². The highest BCUT2D eigenvalue weighted by Crippen LogP contribution is 2.37. The Labute approximate surface area is 133 Å². The molecule has 2 rings (SSSR count). The number of nitrogens with one attached hydrogen (secondary N) is 1. The molecule has 1 N–H and O–H groups in total. The molecule has 7 heteroatoms. The van der Waals surface area contributed by atoms with Crippen molar-refractivity contribution in [2.45, 2.75) is 18.9 Å². The predicted octanol–water partition coefficient (Wildman–Crippen LogP) is 4.02. The largest absolute Gasteiger partial charge is 0.314 e. The van der Waals surface area contributed by atoms with E-state index in [1.54, 1.807) is 18.2 Å². The molecule has 1 saturated heterocycles. The zero-order valence-corrected chi connectivity index (χ0v) is 13.1. The van der Waals surface area contributed by atoms with Crippen molar-refractivity contribution in [2.75, 3.05) is 26.2 Å². The molecule has 1 atom stereocenters. The molecule has 0 aromatic heterocycles. The lowest BCUT2D eigenvalue weighted by molar-refractivity contribution is 0.0740. The number of rotatable bonds is 4. The third-order valence-corrected chi connectivity index (χ3v) is 3.99. The fourth-order valence-corrected chi connectivity index (χ4v) is 3.09. The van der Waals surface area contributed by atoms with Gasteiger partial charge >= 0.3 is 0 Å². The first kappa shape index (κ1) is 17.9. The average Bonchev–Trinajstić information content (AvgIpc) is 2.38. The van der Waals surface area contributed by atoms with Crippen LogP contribution in [0.4, 0.5) is 8.78 Å². The number of benzene rings is 1. The minimum atomic E-state index is -2.38. The monoisotopic (exact) mass is 344 g/mol. The van der Waals surface area contributed by atoms with Gasteiger partial charge in [-0.3, -0.25) is 4.90 Å². The molecular formula is C13H17Cl3F2N2. The smallest absolute Gasteiger partial charge is 0.240 e. The van der Waals surface area contributed by atoms with Gasteiger partial charge in [0.25, 0.3) is 0 Å². The van der Waals surface area contributed by atoms with Crippen LogP contribution in [0.25, 0.3) is 0 Å². The summed E-state index contributed by atoms with van der Waals surface area (Å²) in [6, 6.07) is 4.70. The van der Waals surface area contributed by atoms with Gasteiger partial charge in [0, 0.05) is 54.3 Å². The van der Waals surface area contributed by atoms with Crippen molar-refractivity contribution in [1.29, 1.82) is 0 Å². The number of hydrogen-bond acceptors (Lipinski definition) is 2. The van der Waals surface area contributed by atoms with Crippen LogP contribution in [0.3, 0.4) is 0 Å². The van der Waals surface area contributed by atoms with Gasteiger partial charge in [0.05, 0.1) is 0 Å². The van der Waals surface area contributed by atoms with Crippen molar-refractivity contribution in [3.63, 3.8) is 0 Å². The Morgan fingerprint density at radius 1 is 1.15 bits per heavy atom. The van der Waals surface area contributed by atoms with Crippen molar-refractivity contribution >= 4 is 35.6 Å². The van der Waals surface area contributed by atoms with Crippen LogP contribution >= 0.6 is 35.6 Å². The number of piperazine rings is 1. The Morgan fingerprint density at radius 2 is 1.70 bits per heavy atom. The second-order valence-corrected chi connectivity index (χ2v) is 5.38. The van der Waals surface area contributed by atoms with Crippen molar-refractivity contribution in [3.8, 4) is 0 Å². The van der Waals surface area contributed by atoms with Gasteiger partial charge in [-0.05, 0) is 12.1 Å². The second-order valence-electron chi connectivity index (χ2n) is 4.56. The summed E-state index contributed by atoms with van der Waals surface area (Å²) in [6.45, 7) is 3.03. The summed E-state index contributed by atoms with van der Waals surface area (Å²) < 4.78 is 25.7. The maximum atomic E-state index is 12.9. The first-order valence-electron chi connectivity index (χ1n) is 6.26. The molecule has 20 heavy (non-hydrogen) atoms. The van der Waals surface area contributed by atoms with Gasteiger partial charge in [0.1, 0.15) is 0 Å². The highest BCUT2D eigenvalue weighted by atomic mass is 35.5. The zero-order chi connectivity index (χ0) is 13.8. The molecule has 0 spiro atoms. The zero-order valence-electron chi connectivity index (χ0n) is 10.8. The quantitative estimate of drug-likeness (QED) is 0.887. The van der Waals surface area contributed by atoms with Gasteiger partial charge in [0.2, 0.25) is 6.43 Å². The van der Waals surface area contributed by atoms with Gasteiger partial charge in [0.15, 0.2) is 0 Å². The van der Waals surface area contributed by atoms with E-state index in [1.807, 2.05) is 4.90 Å². The van der Waals surface area contributed by atoms with E-state index in [-0.39, 0.29) is 18.8 Å². The molecule has 1 aromatic carbocycles. The molecule has 1 aromatic rings. The first-order valence-corrected chi connectivity index (χ1v) is 7.02. The predicted molar refractivity (Wildman–Crippen MR) is 81.5 cm³/mol. The van der Waals surface area contributed by atoms with E-state index in [9.17, 15) is 8.78 Å².